The van der Waals surface area contributed by atoms with Crippen molar-refractivity contribution in [2.24, 2.45) is 0 Å². The number of aryl methyl sites for hydroxylation is 1. The van der Waals surface area contributed by atoms with Crippen LogP contribution in [0.25, 0.3) is 5.69 Å². The van der Waals surface area contributed by atoms with E-state index in [0.717, 1.165) is 37.1 Å². The van der Waals surface area contributed by atoms with E-state index in [1.807, 2.05) is 12.1 Å². The molecule has 0 unspecified atom stereocenters. The fourth-order valence-corrected chi connectivity index (χ4v) is 3.54. The Labute approximate surface area is 149 Å². The lowest BCUT2D eigenvalue weighted by molar-refractivity contribution is -0.137. The molecule has 2 nitrogen and oxygen atoms in total. The summed E-state index contributed by atoms with van der Waals surface area (Å²) in [6, 6.07) is 11.1. The summed E-state index contributed by atoms with van der Waals surface area (Å²) >= 11 is 0. The molecule has 1 aliphatic rings. The van der Waals surface area contributed by atoms with Gasteiger partial charge in [0, 0.05) is 12.4 Å². The lowest BCUT2D eigenvalue weighted by Crippen LogP contribution is -2.07. The number of hydrogen-bond donors (Lipinski definition) is 0. The molecule has 26 heavy (non-hydrogen) atoms. The quantitative estimate of drug-likeness (QED) is 0.554. The van der Waals surface area contributed by atoms with Gasteiger partial charge in [0.25, 0.3) is 0 Å². The molecule has 4 rings (SSSR count). The minimum absolute atomic E-state index is 0.372. The predicted molar refractivity (Wildman–Crippen MR) is 94.0 cm³/mol. The first-order valence-electron chi connectivity index (χ1n) is 8.57. The van der Waals surface area contributed by atoms with Crippen LogP contribution in [0.3, 0.4) is 0 Å². The van der Waals surface area contributed by atoms with Crippen LogP contribution in [-0.4, -0.2) is 4.57 Å². The molecule has 0 amide bonds. The lowest BCUT2D eigenvalue weighted by atomic mass is 10.0. The zero-order valence-corrected chi connectivity index (χ0v) is 14.3. The number of rotatable bonds is 3. The molecule has 3 aromatic rings. The van der Waals surface area contributed by atoms with Crippen molar-refractivity contribution in [3.05, 3.63) is 77.1 Å². The van der Waals surface area contributed by atoms with Gasteiger partial charge in [0.05, 0.1) is 11.3 Å². The van der Waals surface area contributed by atoms with Gasteiger partial charge in [0.15, 0.2) is 5.75 Å². The topological polar surface area (TPSA) is 14.2 Å². The maximum Gasteiger partial charge on any atom is 0.416 e. The maximum atomic E-state index is 13.1. The van der Waals surface area contributed by atoms with Crippen LogP contribution in [-0.2, 0) is 19.0 Å². The van der Waals surface area contributed by atoms with E-state index < -0.39 is 11.7 Å². The van der Waals surface area contributed by atoms with Gasteiger partial charge >= 0.3 is 6.18 Å². The Bertz CT molecular complexity index is 943. The minimum Gasteiger partial charge on any atom is -0.455 e. The standard InChI is InChI=1S/C21H18F3NO/c1-14-7-9-19(17-6-4-5-16(14)17)26-20-10-8-15(21(22,23)24)13-18(20)25-11-2-3-12-25/h2-3,7-13H,4-6H2,1H3. The number of aromatic nitrogens is 1. The number of halogens is 3. The number of alkyl halides is 3. The van der Waals surface area contributed by atoms with E-state index in [1.165, 1.54) is 22.8 Å². The average molecular weight is 357 g/mol. The number of fused-ring (bicyclic) bond motifs is 1. The van der Waals surface area contributed by atoms with E-state index >= 15 is 0 Å². The van der Waals surface area contributed by atoms with Crippen molar-refractivity contribution >= 4 is 0 Å². The van der Waals surface area contributed by atoms with Crippen molar-refractivity contribution in [2.75, 3.05) is 0 Å². The van der Waals surface area contributed by atoms with Gasteiger partial charge in [-0.2, -0.15) is 13.2 Å². The Morgan fingerprint density at radius 3 is 2.35 bits per heavy atom. The molecule has 2 aromatic carbocycles. The fraction of sp³-hybridized carbons (Fsp3) is 0.238. The number of benzene rings is 2. The van der Waals surface area contributed by atoms with Gasteiger partial charge in [0.2, 0.25) is 0 Å². The van der Waals surface area contributed by atoms with Crippen molar-refractivity contribution in [2.45, 2.75) is 32.4 Å². The highest BCUT2D eigenvalue weighted by Gasteiger charge is 2.31. The zero-order valence-electron chi connectivity index (χ0n) is 14.3. The first-order valence-corrected chi connectivity index (χ1v) is 8.57. The lowest BCUT2D eigenvalue weighted by Gasteiger charge is -2.17. The van der Waals surface area contributed by atoms with E-state index in [-0.39, 0.29) is 0 Å². The van der Waals surface area contributed by atoms with Crippen molar-refractivity contribution in [1.82, 2.24) is 4.57 Å². The second-order valence-corrected chi connectivity index (χ2v) is 6.56. The van der Waals surface area contributed by atoms with Gasteiger partial charge in [-0.25, -0.2) is 0 Å². The first kappa shape index (κ1) is 16.8. The monoisotopic (exact) mass is 357 g/mol. The molecule has 1 heterocycles. The fourth-order valence-electron chi connectivity index (χ4n) is 3.54. The number of hydrogen-bond acceptors (Lipinski definition) is 1. The molecular formula is C21H18F3NO. The van der Waals surface area contributed by atoms with Crippen LogP contribution in [0.1, 0.15) is 28.7 Å². The van der Waals surface area contributed by atoms with Crippen LogP contribution in [0.15, 0.2) is 54.9 Å². The predicted octanol–water partition coefficient (Wildman–Crippen LogP) is 6.09. The van der Waals surface area contributed by atoms with Gasteiger partial charge in [0.1, 0.15) is 5.75 Å². The minimum atomic E-state index is -4.40. The number of nitrogens with zero attached hydrogens (tertiary/aromatic N) is 1. The highest BCUT2D eigenvalue weighted by atomic mass is 19.4. The maximum absolute atomic E-state index is 13.1. The smallest absolute Gasteiger partial charge is 0.416 e. The molecule has 0 atom stereocenters. The molecule has 1 aliphatic carbocycles. The molecule has 5 heteroatoms. The van der Waals surface area contributed by atoms with Crippen LogP contribution < -0.4 is 4.74 Å². The largest absolute Gasteiger partial charge is 0.455 e. The average Bonchev–Trinajstić information content (AvgIpc) is 3.28. The van der Waals surface area contributed by atoms with Crippen LogP contribution in [0.4, 0.5) is 13.2 Å². The van der Waals surface area contributed by atoms with Crippen molar-refractivity contribution in [3.8, 4) is 17.2 Å². The third-order valence-corrected chi connectivity index (χ3v) is 4.86. The van der Waals surface area contributed by atoms with Crippen LogP contribution in [0.2, 0.25) is 0 Å². The van der Waals surface area contributed by atoms with Crippen molar-refractivity contribution in [1.29, 1.82) is 0 Å². The second-order valence-electron chi connectivity index (χ2n) is 6.56. The second kappa shape index (κ2) is 6.24. The molecule has 1 aromatic heterocycles. The molecule has 0 aliphatic heterocycles. The summed E-state index contributed by atoms with van der Waals surface area (Å²) in [5.41, 5.74) is 3.39. The SMILES string of the molecule is Cc1ccc(Oc2ccc(C(F)(F)F)cc2-n2cccc2)c2c1CCC2. The zero-order chi connectivity index (χ0) is 18.3. The Morgan fingerprint density at radius 1 is 0.923 bits per heavy atom. The van der Waals surface area contributed by atoms with Crippen LogP contribution >= 0.6 is 0 Å². The third kappa shape index (κ3) is 2.98. The molecule has 0 fully saturated rings. The van der Waals surface area contributed by atoms with Crippen molar-refractivity contribution in [3.63, 3.8) is 0 Å². The molecule has 134 valence electrons. The molecular weight excluding hydrogens is 339 g/mol. The summed E-state index contributed by atoms with van der Waals surface area (Å²) in [7, 11) is 0. The van der Waals surface area contributed by atoms with E-state index in [9.17, 15) is 13.2 Å². The number of ether oxygens (including phenoxy) is 1. The van der Waals surface area contributed by atoms with Crippen LogP contribution in [0, 0.1) is 6.92 Å². The highest BCUT2D eigenvalue weighted by molar-refractivity contribution is 5.54. The summed E-state index contributed by atoms with van der Waals surface area (Å²) in [5, 5.41) is 0. The van der Waals surface area contributed by atoms with Crippen molar-refractivity contribution < 1.29 is 17.9 Å². The van der Waals surface area contributed by atoms with E-state index in [4.69, 9.17) is 4.74 Å². The molecule has 0 saturated heterocycles. The van der Waals surface area contributed by atoms with Gasteiger partial charge in [-0.05, 0) is 79.3 Å². The molecule has 0 bridgehead atoms. The summed E-state index contributed by atoms with van der Waals surface area (Å²) in [5.74, 6) is 1.14. The summed E-state index contributed by atoms with van der Waals surface area (Å²) in [6.45, 7) is 2.08. The summed E-state index contributed by atoms with van der Waals surface area (Å²) < 4.78 is 47.2. The Balaban J connectivity index is 1.79. The Hall–Kier alpha value is -2.69. The molecule has 0 spiro atoms. The van der Waals surface area contributed by atoms with Gasteiger partial charge in [-0.3, -0.25) is 0 Å². The normalized spacial score (nSPS) is 13.7. The van der Waals surface area contributed by atoms with E-state index in [0.29, 0.717) is 11.4 Å². The van der Waals surface area contributed by atoms with E-state index in [1.54, 1.807) is 29.1 Å². The van der Waals surface area contributed by atoms with Crippen LogP contribution in [0.5, 0.6) is 11.5 Å². The molecule has 0 saturated carbocycles. The summed E-state index contributed by atoms with van der Waals surface area (Å²) in [6.07, 6.45) is 2.06. The third-order valence-electron chi connectivity index (χ3n) is 4.86. The Morgan fingerprint density at radius 2 is 1.62 bits per heavy atom. The summed E-state index contributed by atoms with van der Waals surface area (Å²) in [4.78, 5) is 0. The van der Waals surface area contributed by atoms with Gasteiger partial charge in [-0.1, -0.05) is 6.07 Å². The van der Waals surface area contributed by atoms with E-state index in [2.05, 4.69) is 6.92 Å². The Kier molecular flexibility index (Phi) is 4.02. The molecule has 0 radical (unpaired) electrons. The first-order chi connectivity index (χ1) is 12.4. The van der Waals surface area contributed by atoms with Gasteiger partial charge in [-0.15, -0.1) is 0 Å². The van der Waals surface area contributed by atoms with Gasteiger partial charge < -0.3 is 9.30 Å². The highest BCUT2D eigenvalue weighted by Crippen LogP contribution is 2.39. The molecule has 0 N–H and O–H groups in total.